The van der Waals surface area contributed by atoms with Gasteiger partial charge in [0, 0.05) is 6.04 Å². The Labute approximate surface area is 83.9 Å². The van der Waals surface area contributed by atoms with Crippen molar-refractivity contribution in [3.8, 4) is 0 Å². The summed E-state index contributed by atoms with van der Waals surface area (Å²) in [6, 6.07) is 0.465. The number of hydrogen-bond acceptors (Lipinski definition) is 4. The zero-order chi connectivity index (χ0) is 10.2. The molecule has 0 spiro atoms. The molecule has 2 rings (SSSR count). The highest BCUT2D eigenvalue weighted by Crippen LogP contribution is 2.42. The van der Waals surface area contributed by atoms with Gasteiger partial charge in [0.15, 0.2) is 5.82 Å². The standard InChI is InChI=1S/C9H17N5/c1-7(2)10-6-8-11-12-13-14(8)9(3)4-5-9/h7,10H,4-6H2,1-3H3. The Kier molecular flexibility index (Phi) is 2.26. The summed E-state index contributed by atoms with van der Waals surface area (Å²) in [7, 11) is 0. The molecule has 0 aromatic carbocycles. The van der Waals surface area contributed by atoms with Gasteiger partial charge in [0.1, 0.15) is 0 Å². The van der Waals surface area contributed by atoms with Gasteiger partial charge in [0.25, 0.3) is 0 Å². The zero-order valence-electron chi connectivity index (χ0n) is 8.99. The SMILES string of the molecule is CC(C)NCc1nnnn1C1(C)CC1. The summed E-state index contributed by atoms with van der Waals surface area (Å²) >= 11 is 0. The molecule has 1 heterocycles. The molecule has 1 saturated carbocycles. The van der Waals surface area contributed by atoms with E-state index in [9.17, 15) is 0 Å². The Morgan fingerprint density at radius 1 is 1.50 bits per heavy atom. The highest BCUT2D eigenvalue weighted by molar-refractivity contribution is 4.99. The molecule has 1 aromatic heterocycles. The third-order valence-electron chi connectivity index (χ3n) is 2.69. The van der Waals surface area contributed by atoms with Crippen molar-refractivity contribution in [2.75, 3.05) is 0 Å². The molecule has 78 valence electrons. The molecule has 5 nitrogen and oxygen atoms in total. The minimum Gasteiger partial charge on any atom is -0.308 e. The minimum absolute atomic E-state index is 0.192. The van der Waals surface area contributed by atoms with Gasteiger partial charge in [-0.05, 0) is 30.2 Å². The molecule has 1 N–H and O–H groups in total. The van der Waals surface area contributed by atoms with Crippen LogP contribution >= 0.6 is 0 Å². The number of aromatic nitrogens is 4. The average Bonchev–Trinajstić information content (AvgIpc) is 2.70. The molecule has 0 bridgehead atoms. The second-order valence-corrected chi connectivity index (χ2v) is 4.54. The van der Waals surface area contributed by atoms with E-state index in [2.05, 4.69) is 41.6 Å². The summed E-state index contributed by atoms with van der Waals surface area (Å²) in [5.41, 5.74) is 0.192. The van der Waals surface area contributed by atoms with Crippen molar-refractivity contribution in [2.45, 2.75) is 51.7 Å². The number of nitrogens with one attached hydrogen (secondary N) is 1. The predicted molar refractivity (Wildman–Crippen MR) is 52.7 cm³/mol. The van der Waals surface area contributed by atoms with E-state index in [4.69, 9.17) is 0 Å². The van der Waals surface area contributed by atoms with Crippen LogP contribution in [0.25, 0.3) is 0 Å². The van der Waals surface area contributed by atoms with E-state index in [1.165, 1.54) is 12.8 Å². The smallest absolute Gasteiger partial charge is 0.165 e. The maximum atomic E-state index is 4.04. The van der Waals surface area contributed by atoms with E-state index in [1.54, 1.807) is 0 Å². The lowest BCUT2D eigenvalue weighted by atomic mass is 10.3. The van der Waals surface area contributed by atoms with Gasteiger partial charge < -0.3 is 5.32 Å². The summed E-state index contributed by atoms with van der Waals surface area (Å²) in [5.74, 6) is 0.943. The first kappa shape index (κ1) is 9.58. The summed E-state index contributed by atoms with van der Waals surface area (Å²) in [4.78, 5) is 0. The second kappa shape index (κ2) is 3.31. The molecule has 1 aromatic rings. The Hall–Kier alpha value is -0.970. The number of hydrogen-bond donors (Lipinski definition) is 1. The van der Waals surface area contributed by atoms with Gasteiger partial charge in [-0.15, -0.1) is 5.10 Å². The highest BCUT2D eigenvalue weighted by atomic mass is 15.6. The van der Waals surface area contributed by atoms with Gasteiger partial charge >= 0.3 is 0 Å². The van der Waals surface area contributed by atoms with Crippen LogP contribution in [0.2, 0.25) is 0 Å². The number of tetrazole rings is 1. The Morgan fingerprint density at radius 3 is 2.79 bits per heavy atom. The van der Waals surface area contributed by atoms with Crippen LogP contribution < -0.4 is 5.32 Å². The van der Waals surface area contributed by atoms with E-state index in [0.717, 1.165) is 12.4 Å². The van der Waals surface area contributed by atoms with E-state index in [1.807, 2.05) is 4.68 Å². The fraction of sp³-hybridized carbons (Fsp3) is 0.889. The molecule has 1 aliphatic carbocycles. The van der Waals surface area contributed by atoms with Crippen LogP contribution in [0.5, 0.6) is 0 Å². The third-order valence-corrected chi connectivity index (χ3v) is 2.69. The largest absolute Gasteiger partial charge is 0.308 e. The van der Waals surface area contributed by atoms with Gasteiger partial charge in [0.2, 0.25) is 0 Å². The summed E-state index contributed by atoms with van der Waals surface area (Å²) in [6.45, 7) is 7.18. The van der Waals surface area contributed by atoms with Crippen molar-refractivity contribution in [3.63, 3.8) is 0 Å². The molecule has 1 fully saturated rings. The molecule has 0 amide bonds. The van der Waals surface area contributed by atoms with Crippen LogP contribution in [0.15, 0.2) is 0 Å². The Bertz CT molecular complexity index is 313. The van der Waals surface area contributed by atoms with Crippen molar-refractivity contribution in [3.05, 3.63) is 5.82 Å². The Morgan fingerprint density at radius 2 is 2.21 bits per heavy atom. The predicted octanol–water partition coefficient (Wildman–Crippen LogP) is 0.680. The first-order chi connectivity index (χ1) is 6.62. The summed E-state index contributed by atoms with van der Waals surface area (Å²) in [6.07, 6.45) is 2.37. The molecule has 0 atom stereocenters. The first-order valence-corrected chi connectivity index (χ1v) is 5.13. The molecule has 5 heteroatoms. The van der Waals surface area contributed by atoms with Gasteiger partial charge in [-0.1, -0.05) is 13.8 Å². The van der Waals surface area contributed by atoms with Gasteiger partial charge in [-0.25, -0.2) is 4.68 Å². The monoisotopic (exact) mass is 195 g/mol. The van der Waals surface area contributed by atoms with E-state index in [-0.39, 0.29) is 5.54 Å². The normalized spacial score (nSPS) is 18.9. The molecule has 0 radical (unpaired) electrons. The van der Waals surface area contributed by atoms with Crippen LogP contribution in [0.1, 0.15) is 39.4 Å². The fourth-order valence-corrected chi connectivity index (χ4v) is 1.42. The third kappa shape index (κ3) is 1.77. The van der Waals surface area contributed by atoms with Crippen LogP contribution in [-0.4, -0.2) is 26.2 Å². The van der Waals surface area contributed by atoms with E-state index in [0.29, 0.717) is 6.04 Å². The zero-order valence-corrected chi connectivity index (χ0v) is 8.99. The Balaban J connectivity index is 2.06. The van der Waals surface area contributed by atoms with Crippen molar-refractivity contribution < 1.29 is 0 Å². The van der Waals surface area contributed by atoms with Crippen molar-refractivity contribution in [1.29, 1.82) is 0 Å². The molecule has 0 saturated heterocycles. The van der Waals surface area contributed by atoms with Crippen molar-refractivity contribution in [2.24, 2.45) is 0 Å². The molecule has 0 unspecified atom stereocenters. The number of rotatable bonds is 4. The van der Waals surface area contributed by atoms with Gasteiger partial charge in [0.05, 0.1) is 12.1 Å². The highest BCUT2D eigenvalue weighted by Gasteiger charge is 2.42. The fourth-order valence-electron chi connectivity index (χ4n) is 1.42. The van der Waals surface area contributed by atoms with E-state index >= 15 is 0 Å². The maximum Gasteiger partial charge on any atom is 0.165 e. The molecule has 0 aliphatic heterocycles. The topological polar surface area (TPSA) is 55.6 Å². The van der Waals surface area contributed by atoms with Crippen LogP contribution in [0, 0.1) is 0 Å². The van der Waals surface area contributed by atoms with Crippen LogP contribution in [-0.2, 0) is 12.1 Å². The quantitative estimate of drug-likeness (QED) is 0.767. The van der Waals surface area contributed by atoms with Gasteiger partial charge in [-0.2, -0.15) is 0 Å². The lowest BCUT2D eigenvalue weighted by molar-refractivity contribution is 0.427. The molecule has 1 aliphatic rings. The van der Waals surface area contributed by atoms with Crippen LogP contribution in [0.3, 0.4) is 0 Å². The molecular formula is C9H17N5. The van der Waals surface area contributed by atoms with E-state index < -0.39 is 0 Å². The second-order valence-electron chi connectivity index (χ2n) is 4.54. The summed E-state index contributed by atoms with van der Waals surface area (Å²) in [5, 5.41) is 15.1. The number of nitrogens with zero attached hydrogens (tertiary/aromatic N) is 4. The maximum absolute atomic E-state index is 4.04. The van der Waals surface area contributed by atoms with Gasteiger partial charge in [-0.3, -0.25) is 0 Å². The lowest BCUT2D eigenvalue weighted by Crippen LogP contribution is -2.26. The van der Waals surface area contributed by atoms with Crippen molar-refractivity contribution in [1.82, 2.24) is 25.5 Å². The molecular weight excluding hydrogens is 178 g/mol. The average molecular weight is 195 g/mol. The molecule has 14 heavy (non-hydrogen) atoms. The lowest BCUT2D eigenvalue weighted by Gasteiger charge is -2.12. The minimum atomic E-state index is 0.192. The van der Waals surface area contributed by atoms with Crippen molar-refractivity contribution >= 4 is 0 Å². The summed E-state index contributed by atoms with van der Waals surface area (Å²) < 4.78 is 1.96. The van der Waals surface area contributed by atoms with Crippen LogP contribution in [0.4, 0.5) is 0 Å². The first-order valence-electron chi connectivity index (χ1n) is 5.13.